The van der Waals surface area contributed by atoms with Crippen molar-refractivity contribution in [2.45, 2.75) is 25.9 Å². The molecule has 2 atom stereocenters. The summed E-state index contributed by atoms with van der Waals surface area (Å²) in [4.78, 5) is 5.96. The van der Waals surface area contributed by atoms with E-state index in [1.165, 1.54) is 4.88 Å². The van der Waals surface area contributed by atoms with Crippen LogP contribution in [0.5, 0.6) is 11.5 Å². The first-order valence-corrected chi connectivity index (χ1v) is 9.92. The molecule has 2 rings (SSSR count). The van der Waals surface area contributed by atoms with Crippen LogP contribution in [0.1, 0.15) is 36.3 Å². The molecule has 28 heavy (non-hydrogen) atoms. The fourth-order valence-electron chi connectivity index (χ4n) is 2.60. The largest absolute Gasteiger partial charge is 0.493 e. The molecule has 0 radical (unpaired) electrons. The number of hydrogen-bond acceptors (Lipinski definition) is 5. The molecule has 0 spiro atoms. The fourth-order valence-corrected chi connectivity index (χ4v) is 3.38. The van der Waals surface area contributed by atoms with Crippen LogP contribution in [0.2, 0.25) is 0 Å². The molecule has 8 heteroatoms. The molecular formula is C20H30IN3O3S. The van der Waals surface area contributed by atoms with Gasteiger partial charge in [0.05, 0.1) is 26.9 Å². The van der Waals surface area contributed by atoms with Crippen LogP contribution in [-0.2, 0) is 0 Å². The number of nitrogens with zero attached hydrogens (tertiary/aromatic N) is 1. The third kappa shape index (κ3) is 7.14. The molecule has 0 saturated heterocycles. The van der Waals surface area contributed by atoms with E-state index in [9.17, 15) is 5.11 Å². The molecule has 6 nitrogen and oxygen atoms in total. The number of ether oxygens (including phenoxy) is 2. The lowest BCUT2D eigenvalue weighted by molar-refractivity contribution is 0.180. The highest BCUT2D eigenvalue weighted by Gasteiger charge is 2.13. The van der Waals surface area contributed by atoms with Crippen molar-refractivity contribution in [3.63, 3.8) is 0 Å². The van der Waals surface area contributed by atoms with Crippen LogP contribution < -0.4 is 20.1 Å². The summed E-state index contributed by atoms with van der Waals surface area (Å²) in [5.74, 6) is 2.29. The zero-order valence-electron chi connectivity index (χ0n) is 16.8. The molecule has 156 valence electrons. The van der Waals surface area contributed by atoms with Gasteiger partial charge in [-0.15, -0.1) is 35.3 Å². The molecule has 1 heterocycles. The maximum absolute atomic E-state index is 10.5. The normalized spacial score (nSPS) is 13.2. The van der Waals surface area contributed by atoms with Crippen molar-refractivity contribution in [1.29, 1.82) is 0 Å². The SMILES string of the molecule is CCNC(=NCC(C)c1cccs1)NCC(O)c1ccc(OC)c(OC)c1.I. The smallest absolute Gasteiger partial charge is 0.191 e. The minimum atomic E-state index is -0.691. The predicted molar refractivity (Wildman–Crippen MR) is 127 cm³/mol. The molecule has 0 bridgehead atoms. The van der Waals surface area contributed by atoms with Crippen molar-refractivity contribution in [2.75, 3.05) is 33.9 Å². The van der Waals surface area contributed by atoms with Gasteiger partial charge in [0.2, 0.25) is 0 Å². The number of thiophene rings is 1. The maximum Gasteiger partial charge on any atom is 0.191 e. The molecule has 0 fully saturated rings. The Morgan fingerprint density at radius 1 is 1.18 bits per heavy atom. The lowest BCUT2D eigenvalue weighted by Crippen LogP contribution is -2.39. The van der Waals surface area contributed by atoms with Gasteiger partial charge in [-0.05, 0) is 36.1 Å². The van der Waals surface area contributed by atoms with Crippen LogP contribution in [0.4, 0.5) is 0 Å². The molecule has 1 aromatic carbocycles. The van der Waals surface area contributed by atoms with Gasteiger partial charge in [0.1, 0.15) is 0 Å². The third-order valence-corrected chi connectivity index (χ3v) is 5.26. The average Bonchev–Trinajstić information content (AvgIpc) is 3.23. The molecule has 0 saturated carbocycles. The predicted octanol–water partition coefficient (Wildman–Crippen LogP) is 3.78. The Kier molecular flexibility index (Phi) is 11.2. The van der Waals surface area contributed by atoms with Crippen molar-refractivity contribution in [3.05, 3.63) is 46.2 Å². The summed E-state index contributed by atoms with van der Waals surface area (Å²) in [7, 11) is 3.17. The van der Waals surface area contributed by atoms with Gasteiger partial charge in [-0.2, -0.15) is 0 Å². The van der Waals surface area contributed by atoms with Crippen molar-refractivity contribution >= 4 is 41.3 Å². The Balaban J connectivity index is 0.00000392. The highest BCUT2D eigenvalue weighted by atomic mass is 127. The van der Waals surface area contributed by atoms with Gasteiger partial charge in [0, 0.05) is 23.9 Å². The molecule has 3 N–H and O–H groups in total. The number of aliphatic hydroxyl groups is 1. The second-order valence-electron chi connectivity index (χ2n) is 6.15. The van der Waals surface area contributed by atoms with E-state index in [1.807, 2.05) is 13.0 Å². The first kappa shape index (κ1) is 24.5. The summed E-state index contributed by atoms with van der Waals surface area (Å²) in [6.07, 6.45) is -0.691. The van der Waals surface area contributed by atoms with Gasteiger partial charge in [0.25, 0.3) is 0 Å². The first-order chi connectivity index (χ1) is 13.1. The van der Waals surface area contributed by atoms with E-state index in [-0.39, 0.29) is 24.0 Å². The Morgan fingerprint density at radius 3 is 2.54 bits per heavy atom. The molecule has 0 amide bonds. The Labute approximate surface area is 188 Å². The summed E-state index contributed by atoms with van der Waals surface area (Å²) < 4.78 is 10.5. The van der Waals surface area contributed by atoms with Crippen molar-refractivity contribution in [1.82, 2.24) is 10.6 Å². The van der Waals surface area contributed by atoms with Gasteiger partial charge >= 0.3 is 0 Å². The monoisotopic (exact) mass is 519 g/mol. The van der Waals surface area contributed by atoms with Crippen LogP contribution in [0.15, 0.2) is 40.7 Å². The van der Waals surface area contributed by atoms with Crippen LogP contribution in [0.25, 0.3) is 0 Å². The van der Waals surface area contributed by atoms with Gasteiger partial charge in [-0.25, -0.2) is 0 Å². The third-order valence-electron chi connectivity index (χ3n) is 4.15. The van der Waals surface area contributed by atoms with E-state index in [1.54, 1.807) is 37.7 Å². The summed E-state index contributed by atoms with van der Waals surface area (Å²) in [5.41, 5.74) is 0.753. The van der Waals surface area contributed by atoms with Gasteiger partial charge in [-0.1, -0.05) is 19.1 Å². The van der Waals surface area contributed by atoms with Gasteiger partial charge in [-0.3, -0.25) is 4.99 Å². The van der Waals surface area contributed by atoms with E-state index in [2.05, 4.69) is 40.1 Å². The van der Waals surface area contributed by atoms with E-state index in [0.717, 1.165) is 12.1 Å². The van der Waals surface area contributed by atoms with Crippen molar-refractivity contribution in [2.24, 2.45) is 4.99 Å². The van der Waals surface area contributed by atoms with Crippen molar-refractivity contribution < 1.29 is 14.6 Å². The zero-order valence-corrected chi connectivity index (χ0v) is 19.9. The quantitative estimate of drug-likeness (QED) is 0.267. The number of methoxy groups -OCH3 is 2. The molecule has 1 aromatic heterocycles. The number of benzene rings is 1. The van der Waals surface area contributed by atoms with Gasteiger partial charge < -0.3 is 25.2 Å². The van der Waals surface area contributed by atoms with E-state index in [4.69, 9.17) is 9.47 Å². The van der Waals surface area contributed by atoms with E-state index in [0.29, 0.717) is 36.5 Å². The lowest BCUT2D eigenvalue weighted by atomic mass is 10.1. The summed E-state index contributed by atoms with van der Waals surface area (Å²) >= 11 is 1.75. The molecule has 2 aromatic rings. The van der Waals surface area contributed by atoms with Crippen molar-refractivity contribution in [3.8, 4) is 11.5 Å². The number of guanidine groups is 1. The first-order valence-electron chi connectivity index (χ1n) is 9.04. The molecule has 0 aliphatic carbocycles. The highest BCUT2D eigenvalue weighted by Crippen LogP contribution is 2.29. The number of aliphatic hydroxyl groups excluding tert-OH is 1. The Hall–Kier alpha value is -1.52. The molecular weight excluding hydrogens is 489 g/mol. The number of halogens is 1. The zero-order chi connectivity index (χ0) is 19.6. The van der Waals surface area contributed by atoms with Crippen LogP contribution in [0.3, 0.4) is 0 Å². The topological polar surface area (TPSA) is 75.1 Å². The second-order valence-corrected chi connectivity index (χ2v) is 7.13. The number of nitrogens with one attached hydrogen (secondary N) is 2. The number of rotatable bonds is 9. The second kappa shape index (κ2) is 12.8. The minimum absolute atomic E-state index is 0. The summed E-state index contributed by atoms with van der Waals surface area (Å²) in [5, 5.41) is 19.0. The van der Waals surface area contributed by atoms with E-state index >= 15 is 0 Å². The standard InChI is InChI=1S/C20H29N3O3S.HI/c1-5-21-20(22-12-14(2)19-7-6-10-27-19)23-13-16(24)15-8-9-17(25-3)18(11-15)26-4;/h6-11,14,16,24H,5,12-13H2,1-4H3,(H2,21,22,23);1H. The summed E-state index contributed by atoms with van der Waals surface area (Å²) in [6, 6.07) is 9.60. The minimum Gasteiger partial charge on any atom is -0.493 e. The van der Waals surface area contributed by atoms with Crippen LogP contribution in [0, 0.1) is 0 Å². The van der Waals surface area contributed by atoms with Crippen LogP contribution >= 0.6 is 35.3 Å². The van der Waals surface area contributed by atoms with Crippen LogP contribution in [-0.4, -0.2) is 44.9 Å². The maximum atomic E-state index is 10.5. The lowest BCUT2D eigenvalue weighted by Gasteiger charge is -2.17. The van der Waals surface area contributed by atoms with E-state index < -0.39 is 6.10 Å². The summed E-state index contributed by atoms with van der Waals surface area (Å²) in [6.45, 7) is 5.96. The Bertz CT molecular complexity index is 725. The molecule has 0 aliphatic heterocycles. The molecule has 0 aliphatic rings. The Morgan fingerprint density at radius 2 is 1.93 bits per heavy atom. The number of aliphatic imine (C=N–C) groups is 1. The molecule has 2 unspecified atom stereocenters. The highest BCUT2D eigenvalue weighted by molar-refractivity contribution is 14.0. The fraction of sp³-hybridized carbons (Fsp3) is 0.450. The number of hydrogen-bond donors (Lipinski definition) is 3. The average molecular weight is 519 g/mol. The van der Waals surface area contributed by atoms with Gasteiger partial charge in [0.15, 0.2) is 17.5 Å².